The highest BCUT2D eigenvalue weighted by Gasteiger charge is 2.22. The lowest BCUT2D eigenvalue weighted by Gasteiger charge is -2.12. The first-order chi connectivity index (χ1) is 11.8. The number of hydrogen-bond acceptors (Lipinski definition) is 5. The second-order valence-electron chi connectivity index (χ2n) is 5.77. The summed E-state index contributed by atoms with van der Waals surface area (Å²) in [6, 6.07) is 7.69. The largest absolute Gasteiger partial charge is 0.483 e. The van der Waals surface area contributed by atoms with E-state index in [0.29, 0.717) is 11.6 Å². The first-order valence-corrected chi connectivity index (χ1v) is 8.00. The Kier molecular flexibility index (Phi) is 3.86. The summed E-state index contributed by atoms with van der Waals surface area (Å²) < 4.78 is 11.2. The summed E-state index contributed by atoms with van der Waals surface area (Å²) in [5.74, 6) is 1.06. The van der Waals surface area contributed by atoms with Crippen LogP contribution in [0.2, 0.25) is 0 Å². The van der Waals surface area contributed by atoms with E-state index in [-0.39, 0.29) is 12.5 Å². The number of pyridine rings is 1. The number of rotatable bonds is 4. The molecule has 1 aliphatic rings. The molecule has 1 aromatic carbocycles. The fourth-order valence-corrected chi connectivity index (χ4v) is 2.92. The molecule has 3 heterocycles. The number of aromatic nitrogens is 2. The van der Waals surface area contributed by atoms with Crippen LogP contribution in [0, 0.1) is 0 Å². The maximum atomic E-state index is 12.3. The van der Waals surface area contributed by atoms with E-state index in [1.54, 1.807) is 17.3 Å². The summed E-state index contributed by atoms with van der Waals surface area (Å²) >= 11 is 0. The third-order valence-electron chi connectivity index (χ3n) is 4.16. The zero-order chi connectivity index (χ0) is 16.4. The van der Waals surface area contributed by atoms with Crippen LogP contribution in [0.3, 0.4) is 0 Å². The van der Waals surface area contributed by atoms with Gasteiger partial charge < -0.3 is 14.1 Å². The topological polar surface area (TPSA) is 68.5 Å². The quantitative estimate of drug-likeness (QED) is 0.738. The van der Waals surface area contributed by atoms with Gasteiger partial charge in [-0.25, -0.2) is 4.98 Å². The summed E-state index contributed by atoms with van der Waals surface area (Å²) in [4.78, 5) is 22.4. The third kappa shape index (κ3) is 2.82. The lowest BCUT2D eigenvalue weighted by Crippen LogP contribution is -2.27. The Bertz CT molecular complexity index is 863. The van der Waals surface area contributed by atoms with E-state index in [2.05, 4.69) is 9.97 Å². The highest BCUT2D eigenvalue weighted by Crippen LogP contribution is 2.25. The normalized spacial score (nSPS) is 14.2. The van der Waals surface area contributed by atoms with Gasteiger partial charge in [0, 0.05) is 36.3 Å². The molecular formula is C18H17N3O3. The lowest BCUT2D eigenvalue weighted by atomic mass is 10.1. The van der Waals surface area contributed by atoms with Gasteiger partial charge in [0.25, 0.3) is 5.91 Å². The summed E-state index contributed by atoms with van der Waals surface area (Å²) in [5, 5.41) is 1.99. The molecule has 0 radical (unpaired) electrons. The van der Waals surface area contributed by atoms with Crippen molar-refractivity contribution in [1.82, 2.24) is 14.9 Å². The molecule has 24 heavy (non-hydrogen) atoms. The van der Waals surface area contributed by atoms with Gasteiger partial charge in [0.2, 0.25) is 5.89 Å². The maximum absolute atomic E-state index is 12.3. The predicted molar refractivity (Wildman–Crippen MR) is 87.7 cm³/mol. The number of hydrogen-bond donors (Lipinski definition) is 0. The molecule has 0 unspecified atom stereocenters. The molecule has 6 nitrogen and oxygen atoms in total. The number of oxazole rings is 1. The van der Waals surface area contributed by atoms with E-state index >= 15 is 0 Å². The van der Waals surface area contributed by atoms with Crippen LogP contribution in [-0.2, 0) is 6.61 Å². The van der Waals surface area contributed by atoms with Gasteiger partial charge in [-0.15, -0.1) is 0 Å². The zero-order valence-electron chi connectivity index (χ0n) is 13.1. The van der Waals surface area contributed by atoms with Crippen molar-refractivity contribution in [2.45, 2.75) is 19.4 Å². The molecule has 0 atom stereocenters. The summed E-state index contributed by atoms with van der Waals surface area (Å²) in [6.07, 6.45) is 7.03. The molecule has 2 aromatic heterocycles. The number of ether oxygens (including phenoxy) is 1. The van der Waals surface area contributed by atoms with Gasteiger partial charge in [-0.05, 0) is 25.0 Å². The fourth-order valence-electron chi connectivity index (χ4n) is 2.92. The van der Waals surface area contributed by atoms with Crippen molar-refractivity contribution in [2.24, 2.45) is 0 Å². The second-order valence-corrected chi connectivity index (χ2v) is 5.77. The number of benzene rings is 1. The molecule has 3 aromatic rings. The minimum absolute atomic E-state index is 0.0706. The molecule has 0 saturated carbocycles. The molecule has 1 fully saturated rings. The number of likely N-dealkylation sites (tertiary alicyclic amines) is 1. The number of nitrogens with zero attached hydrogens (tertiary/aromatic N) is 3. The van der Waals surface area contributed by atoms with Gasteiger partial charge in [-0.2, -0.15) is 0 Å². The van der Waals surface area contributed by atoms with Gasteiger partial charge in [-0.3, -0.25) is 9.78 Å². The van der Waals surface area contributed by atoms with Crippen LogP contribution in [0.1, 0.15) is 29.2 Å². The summed E-state index contributed by atoms with van der Waals surface area (Å²) in [6.45, 7) is 1.76. The van der Waals surface area contributed by atoms with Crippen molar-refractivity contribution < 1.29 is 13.9 Å². The van der Waals surface area contributed by atoms with Crippen molar-refractivity contribution in [1.29, 1.82) is 0 Å². The predicted octanol–water partition coefficient (Wildman–Crippen LogP) is 3.04. The van der Waals surface area contributed by atoms with Gasteiger partial charge in [0.1, 0.15) is 12.0 Å². The number of carbonyl (C=O) groups excluding carboxylic acids is 1. The molecule has 0 N–H and O–H groups in total. The molecule has 1 amide bonds. The van der Waals surface area contributed by atoms with Crippen LogP contribution in [0.4, 0.5) is 0 Å². The second kappa shape index (κ2) is 6.31. The average molecular weight is 323 g/mol. The first-order valence-electron chi connectivity index (χ1n) is 8.00. The molecule has 0 spiro atoms. The van der Waals surface area contributed by atoms with E-state index in [9.17, 15) is 4.79 Å². The lowest BCUT2D eigenvalue weighted by molar-refractivity contribution is 0.0787. The molecule has 0 aliphatic carbocycles. The highest BCUT2D eigenvalue weighted by atomic mass is 16.5. The Balaban J connectivity index is 1.47. The van der Waals surface area contributed by atoms with Crippen LogP contribution in [0.25, 0.3) is 10.8 Å². The first kappa shape index (κ1) is 14.7. The van der Waals surface area contributed by atoms with E-state index < -0.39 is 0 Å². The van der Waals surface area contributed by atoms with Crippen LogP contribution in [0.5, 0.6) is 5.75 Å². The molecule has 1 aliphatic heterocycles. The molecule has 0 bridgehead atoms. The Hall–Kier alpha value is -2.89. The van der Waals surface area contributed by atoms with Crippen LogP contribution in [-0.4, -0.2) is 33.9 Å². The molecule has 122 valence electrons. The molecule has 6 heteroatoms. The number of carbonyl (C=O) groups is 1. The minimum atomic E-state index is -0.0706. The Morgan fingerprint density at radius 3 is 3.00 bits per heavy atom. The van der Waals surface area contributed by atoms with Crippen LogP contribution >= 0.6 is 0 Å². The van der Waals surface area contributed by atoms with Crippen molar-refractivity contribution >= 4 is 16.7 Å². The fraction of sp³-hybridized carbons (Fsp3) is 0.278. The van der Waals surface area contributed by atoms with Gasteiger partial charge >= 0.3 is 0 Å². The van der Waals surface area contributed by atoms with E-state index in [0.717, 1.165) is 42.5 Å². The van der Waals surface area contributed by atoms with Crippen LogP contribution < -0.4 is 4.74 Å². The SMILES string of the molecule is O=C(c1coc(COc2cccc3cnccc23)n1)N1CCCC1. The van der Waals surface area contributed by atoms with Gasteiger partial charge in [0.05, 0.1) is 0 Å². The smallest absolute Gasteiger partial charge is 0.275 e. The average Bonchev–Trinajstić information content (AvgIpc) is 3.31. The molecule has 4 rings (SSSR count). The third-order valence-corrected chi connectivity index (χ3v) is 4.16. The zero-order valence-corrected chi connectivity index (χ0v) is 13.1. The highest BCUT2D eigenvalue weighted by molar-refractivity contribution is 5.92. The van der Waals surface area contributed by atoms with Crippen molar-refractivity contribution in [3.63, 3.8) is 0 Å². The molecular weight excluding hydrogens is 306 g/mol. The van der Waals surface area contributed by atoms with E-state index in [1.807, 2.05) is 24.3 Å². The van der Waals surface area contributed by atoms with Crippen molar-refractivity contribution in [3.05, 3.63) is 54.5 Å². The minimum Gasteiger partial charge on any atom is -0.483 e. The van der Waals surface area contributed by atoms with Crippen molar-refractivity contribution in [3.8, 4) is 5.75 Å². The summed E-state index contributed by atoms with van der Waals surface area (Å²) in [5.41, 5.74) is 0.345. The van der Waals surface area contributed by atoms with Crippen molar-refractivity contribution in [2.75, 3.05) is 13.1 Å². The Labute approximate surface area is 139 Å². The number of fused-ring (bicyclic) bond motifs is 1. The maximum Gasteiger partial charge on any atom is 0.275 e. The van der Waals surface area contributed by atoms with E-state index in [1.165, 1.54) is 6.26 Å². The Morgan fingerprint density at radius 1 is 1.25 bits per heavy atom. The standard InChI is InChI=1S/C18H17N3O3/c22-18(21-8-1-2-9-21)15-11-24-17(20-15)12-23-16-5-3-4-13-10-19-7-6-14(13)16/h3-7,10-11H,1-2,8-9,12H2. The number of amides is 1. The Morgan fingerprint density at radius 2 is 2.12 bits per heavy atom. The monoisotopic (exact) mass is 323 g/mol. The van der Waals surface area contributed by atoms with Gasteiger partial charge in [-0.1, -0.05) is 12.1 Å². The van der Waals surface area contributed by atoms with Crippen LogP contribution in [0.15, 0.2) is 47.3 Å². The van der Waals surface area contributed by atoms with Gasteiger partial charge in [0.15, 0.2) is 12.3 Å². The molecule has 1 saturated heterocycles. The van der Waals surface area contributed by atoms with E-state index in [4.69, 9.17) is 9.15 Å². The summed E-state index contributed by atoms with van der Waals surface area (Å²) in [7, 11) is 0.